The van der Waals surface area contributed by atoms with Gasteiger partial charge in [-0.05, 0) is 197 Å². The summed E-state index contributed by atoms with van der Waals surface area (Å²) in [5.41, 5.74) is 17.6. The lowest BCUT2D eigenvalue weighted by molar-refractivity contribution is -0.140. The van der Waals surface area contributed by atoms with Crippen molar-refractivity contribution < 1.29 is 63.9 Å². The zero-order valence-electron chi connectivity index (χ0n) is 75.4. The molecule has 19 rings (SSSR count). The van der Waals surface area contributed by atoms with Crippen molar-refractivity contribution in [2.45, 2.75) is 204 Å². The summed E-state index contributed by atoms with van der Waals surface area (Å²) in [7, 11) is -3.54. The van der Waals surface area contributed by atoms with Crippen molar-refractivity contribution >= 4 is 98.8 Å². The fraction of sp³-hybridized carbons (Fsp3) is 0.515. The summed E-state index contributed by atoms with van der Waals surface area (Å²) in [5, 5.41) is 13.5. The van der Waals surface area contributed by atoms with Gasteiger partial charge in [0, 0.05) is 173 Å². The predicted octanol–water partition coefficient (Wildman–Crippen LogP) is 13.1. The number of morpholine rings is 1. The third-order valence-corrected chi connectivity index (χ3v) is 33.4. The minimum absolute atomic E-state index is 0.0449. The highest BCUT2D eigenvalue weighted by molar-refractivity contribution is 7.88. The molecule has 27 nitrogen and oxygen atoms in total. The summed E-state index contributed by atoms with van der Waals surface area (Å²) in [6.45, 7) is 8.72. The highest BCUT2D eigenvalue weighted by atomic mass is 32.2. The molecule has 7 aliphatic heterocycles. The number of carbonyl (C=O) groups excluding carboxylic acids is 6. The van der Waals surface area contributed by atoms with Crippen molar-refractivity contribution in [3.8, 4) is 33.8 Å². The van der Waals surface area contributed by atoms with Crippen LogP contribution in [0.25, 0.3) is 66.5 Å². The number of amides is 6. The van der Waals surface area contributed by atoms with Gasteiger partial charge in [0.25, 0.3) is 17.7 Å². The Balaban J connectivity index is 0.000000136. The van der Waals surface area contributed by atoms with E-state index in [0.29, 0.717) is 109 Å². The molecule has 10 aliphatic rings. The van der Waals surface area contributed by atoms with Crippen molar-refractivity contribution in [2.75, 3.05) is 108 Å². The Morgan fingerprint density at radius 2 is 0.682 bits per heavy atom. The minimum Gasteiger partial charge on any atom is -0.391 e. The molecule has 6 aromatic carbocycles. The Bertz CT molecular complexity index is 6100. The number of hydrogen-bond acceptors (Lipinski definition) is 15. The molecule has 0 radical (unpaired) electrons. The van der Waals surface area contributed by atoms with E-state index in [4.69, 9.17) is 4.74 Å². The van der Waals surface area contributed by atoms with Crippen molar-refractivity contribution in [2.24, 2.45) is 17.8 Å². The molecule has 4 unspecified atom stereocenters. The summed E-state index contributed by atoms with van der Waals surface area (Å²) in [4.78, 5) is 90.2. The lowest BCUT2D eigenvalue weighted by Gasteiger charge is -2.38. The number of hydrogen-bond donors (Lipinski definition) is 4. The molecular weight excluding hydrogens is 1690 g/mol. The summed E-state index contributed by atoms with van der Waals surface area (Å²) in [6.07, 6.45) is 24.9. The second kappa shape index (κ2) is 38.7. The number of aliphatic hydroxyl groups excluding tert-OH is 1. The van der Waals surface area contributed by atoms with Crippen LogP contribution in [0.4, 0.5) is 0 Å². The molecule has 6 amide bonds. The fourth-order valence-corrected chi connectivity index (χ4v) is 24.0. The minimum atomic E-state index is -3.95. The molecule has 4 atom stereocenters. The van der Waals surface area contributed by atoms with Crippen molar-refractivity contribution in [3.05, 3.63) is 177 Å². The van der Waals surface area contributed by atoms with Gasteiger partial charge in [-0.1, -0.05) is 149 Å². The van der Waals surface area contributed by atoms with Gasteiger partial charge in [-0.3, -0.25) is 28.8 Å². The number of nitrogens with zero attached hydrogens (tertiary/aromatic N) is 10. The molecule has 3 aromatic heterocycles. The molecule has 30 heteroatoms. The Morgan fingerprint density at radius 1 is 0.357 bits per heavy atom. The quantitative estimate of drug-likeness (QED) is 0.0699. The average Bonchev–Trinajstić information content (AvgIpc) is 1.58. The van der Waals surface area contributed by atoms with Gasteiger partial charge in [0.05, 0.1) is 54.2 Å². The van der Waals surface area contributed by atoms with Gasteiger partial charge in [-0.15, -0.1) is 0 Å². The van der Waals surface area contributed by atoms with Gasteiger partial charge in [0.2, 0.25) is 17.7 Å². The molecule has 0 spiro atoms. The van der Waals surface area contributed by atoms with Gasteiger partial charge >= 0.3 is 30.6 Å². The van der Waals surface area contributed by atoms with Gasteiger partial charge in [-0.2, -0.15) is 38.2 Å². The van der Waals surface area contributed by atoms with E-state index in [9.17, 15) is 59.1 Å². The van der Waals surface area contributed by atoms with Crippen LogP contribution in [0.2, 0.25) is 0 Å². The van der Waals surface area contributed by atoms with Crippen LogP contribution in [0.5, 0.6) is 0 Å². The average molecular weight is 1820 g/mol. The Kier molecular flexibility index (Phi) is 27.4. The van der Waals surface area contributed by atoms with E-state index < -0.39 is 54.5 Å². The van der Waals surface area contributed by atoms with Crippen LogP contribution in [0.3, 0.4) is 0 Å². The first-order valence-corrected chi connectivity index (χ1v) is 51.2. The highest BCUT2D eigenvalue weighted by Gasteiger charge is 2.42. The largest absolute Gasteiger partial charge is 0.391 e. The Morgan fingerprint density at radius 3 is 1.02 bits per heavy atom. The lowest BCUT2D eigenvalue weighted by atomic mass is 9.81. The highest BCUT2D eigenvalue weighted by Crippen LogP contribution is 2.52. The summed E-state index contributed by atoms with van der Waals surface area (Å²) >= 11 is 0. The third-order valence-electron chi connectivity index (χ3n) is 29.2. The van der Waals surface area contributed by atoms with E-state index >= 15 is 0 Å². The smallest absolute Gasteiger partial charge is 0.303 e. The maximum absolute atomic E-state index is 14.4. The Labute approximate surface area is 758 Å². The maximum atomic E-state index is 14.4. The molecule has 0 bridgehead atoms. The molecule has 4 saturated heterocycles. The van der Waals surface area contributed by atoms with Crippen LogP contribution in [0, 0.1) is 17.8 Å². The number of likely N-dealkylation sites (tertiary alicyclic amines) is 3. The molecule has 688 valence electrons. The van der Waals surface area contributed by atoms with Gasteiger partial charge in [-0.25, -0.2) is 14.2 Å². The topological polar surface area (TPSA) is 308 Å². The predicted molar refractivity (Wildman–Crippen MR) is 501 cm³/mol. The molecule has 7 fully saturated rings. The van der Waals surface area contributed by atoms with Crippen LogP contribution in [-0.2, 0) is 88.6 Å². The SMILES string of the molecule is CN(C)S(=O)(=O)NC(=O)c1ccc2c(C3CCCCC3)c3n(c2c1)CC(C(=O)N1CCC(N2CCCC2)CC1)Cc1ccccc1-3.CN(C)S(=O)(=O)NC(=O)c1ccc2c(C3CCCCC3)c3n(c2c1)CC(C(=O)N1CCCC(O)C1)Cc1ccccc1-3.CN(C)S(=O)(=O)NC(=O)c1ccc2c(C3CCCCC3)c3n(c2c1)CC(C(=O)N1CCOCC1)Cc1ccccc1-3. The first kappa shape index (κ1) is 91.3. The molecule has 3 saturated carbocycles. The number of aliphatic hydroxyl groups is 1. The first-order valence-electron chi connectivity index (χ1n) is 46.9. The second-order valence-corrected chi connectivity index (χ2v) is 43.6. The number of carbonyl (C=O) groups is 6. The first-order chi connectivity index (χ1) is 62.1. The fourth-order valence-electron chi connectivity index (χ4n) is 22.4. The maximum Gasteiger partial charge on any atom is 0.303 e. The van der Waals surface area contributed by atoms with Crippen LogP contribution >= 0.6 is 0 Å². The molecule has 4 N–H and O–H groups in total. The van der Waals surface area contributed by atoms with E-state index in [2.05, 4.69) is 92.3 Å². The van der Waals surface area contributed by atoms with E-state index in [0.717, 1.165) is 150 Å². The number of aromatic nitrogens is 3. The van der Waals surface area contributed by atoms with Crippen LogP contribution in [0.15, 0.2) is 127 Å². The van der Waals surface area contributed by atoms with E-state index in [-0.39, 0.29) is 52.2 Å². The number of ether oxygens (including phenoxy) is 1. The third kappa shape index (κ3) is 19.0. The van der Waals surface area contributed by atoms with E-state index in [1.165, 1.54) is 160 Å². The molecule has 9 aromatic rings. The van der Waals surface area contributed by atoms with E-state index in [1.807, 2.05) is 52.3 Å². The van der Waals surface area contributed by atoms with Crippen LogP contribution < -0.4 is 14.2 Å². The number of nitrogens with one attached hydrogen (secondary N) is 3. The van der Waals surface area contributed by atoms with Crippen molar-refractivity contribution in [1.29, 1.82) is 0 Å². The van der Waals surface area contributed by atoms with Crippen LogP contribution in [0.1, 0.15) is 217 Å². The monoisotopic (exact) mass is 1820 g/mol. The van der Waals surface area contributed by atoms with Gasteiger partial charge < -0.3 is 43.1 Å². The summed E-state index contributed by atoms with van der Waals surface area (Å²) in [5.74, 6) is -1.32. The number of β-amino-alcohol motifs (C(OH)–C–C–N with tert-alkyl or cyclic N) is 1. The number of rotatable bonds is 16. The number of benzene rings is 6. The van der Waals surface area contributed by atoms with E-state index in [1.54, 1.807) is 30.3 Å². The zero-order valence-corrected chi connectivity index (χ0v) is 77.8. The Hall–Kier alpha value is -9.63. The summed E-state index contributed by atoms with van der Waals surface area (Å²) in [6, 6.07) is 42.4. The van der Waals surface area contributed by atoms with Gasteiger partial charge in [0.15, 0.2) is 0 Å². The van der Waals surface area contributed by atoms with Crippen LogP contribution in [-0.4, -0.2) is 232 Å². The van der Waals surface area contributed by atoms with Gasteiger partial charge in [0.1, 0.15) is 0 Å². The number of piperidine rings is 2. The normalized spacial score (nSPS) is 21.1. The molecule has 10 heterocycles. The standard InChI is InChI=1S/C36H47N5O4S.C32H40N4O5S.C31H38N4O5S/c1-38(2)46(44,45)37-35(42)27-14-15-31-32(23-27)41-24-28(36(43)40-20-16-29(17-21-40)39-18-8-9-19-39)22-26-12-6-7-13-30(26)34(41)33(31)25-10-4-3-5-11-25;1-34(2)42(40,41)33-31(38)23-14-15-27-28(18-23)36-19-24(32(39)35-16-8-12-25(37)20-35)17-22-11-6-7-13-26(22)30(36)29(27)21-9-4-3-5-10-21;1-33(2)41(38,39)32-30(36)23-12-13-26-27(19-23)35-20-24(31(37)34-14-16-40-17-15-34)18-22-10-6-7-11-25(22)29(35)28(26)21-8-4-3-5-9-21/h6-7,12-15,23,25,28-29H,3-5,8-11,16-22,24H2,1-2H3,(H,37,42);6-7,11,13-15,18,21,24-25,37H,3-5,8-10,12,16-17,19-20H2,1-2H3,(H,33,38);6-7,10-13,19,21,24H,3-5,8-9,14-18,20H2,1-2H3,(H,32,36). The second-order valence-electron chi connectivity index (χ2n) is 38.0. The molecule has 3 aliphatic carbocycles. The lowest BCUT2D eigenvalue weighted by Crippen LogP contribution is -2.48. The molecular formula is C99H125N13O14S3. The van der Waals surface area contributed by atoms with Crippen molar-refractivity contribution in [1.82, 2.24) is 60.4 Å². The number of fused-ring (bicyclic) bond motifs is 15. The van der Waals surface area contributed by atoms with Crippen molar-refractivity contribution in [3.63, 3.8) is 0 Å². The molecule has 129 heavy (non-hydrogen) atoms. The zero-order chi connectivity index (χ0) is 90.3. The summed E-state index contributed by atoms with van der Waals surface area (Å²) < 4.78 is 96.4.